The number of anilines is 2. The standard InChI is InChI=1S/C16H22N4O/c1-11(2)20(10-13-6-5-7-14(17)9-13)16-18-12(3)8-15(19-16)21-4/h5-9,11H,10,17H2,1-4H3. The SMILES string of the molecule is COc1cc(C)nc(N(Cc2cccc(N)c2)C(C)C)n1. The first-order valence-corrected chi connectivity index (χ1v) is 7.00. The van der Waals surface area contributed by atoms with Crippen LogP contribution in [0.5, 0.6) is 5.88 Å². The van der Waals surface area contributed by atoms with Gasteiger partial charge in [0.25, 0.3) is 0 Å². The smallest absolute Gasteiger partial charge is 0.229 e. The first-order chi connectivity index (χ1) is 9.99. The number of aryl methyl sites for hydroxylation is 1. The molecule has 5 nitrogen and oxygen atoms in total. The average Bonchev–Trinajstić information content (AvgIpc) is 2.43. The van der Waals surface area contributed by atoms with Crippen molar-refractivity contribution in [3.8, 4) is 5.88 Å². The Morgan fingerprint density at radius 2 is 2.00 bits per heavy atom. The first-order valence-electron chi connectivity index (χ1n) is 7.00. The molecule has 0 unspecified atom stereocenters. The van der Waals surface area contributed by atoms with Crippen LogP contribution in [-0.4, -0.2) is 23.1 Å². The van der Waals surface area contributed by atoms with Crippen LogP contribution in [0.15, 0.2) is 30.3 Å². The predicted octanol–water partition coefficient (Wildman–Crippen LogP) is 2.79. The molecule has 0 atom stereocenters. The number of benzene rings is 1. The van der Waals surface area contributed by atoms with E-state index < -0.39 is 0 Å². The summed E-state index contributed by atoms with van der Waals surface area (Å²) in [6, 6.07) is 9.96. The van der Waals surface area contributed by atoms with Gasteiger partial charge in [-0.25, -0.2) is 4.98 Å². The van der Waals surface area contributed by atoms with E-state index >= 15 is 0 Å². The molecular formula is C16H22N4O. The summed E-state index contributed by atoms with van der Waals surface area (Å²) in [7, 11) is 1.61. The lowest BCUT2D eigenvalue weighted by Gasteiger charge is -2.27. The Hall–Kier alpha value is -2.30. The number of ether oxygens (including phenoxy) is 1. The number of methoxy groups -OCH3 is 1. The highest BCUT2D eigenvalue weighted by Crippen LogP contribution is 2.20. The molecule has 0 saturated heterocycles. The van der Waals surface area contributed by atoms with Crippen LogP contribution in [0.4, 0.5) is 11.6 Å². The summed E-state index contributed by atoms with van der Waals surface area (Å²) < 4.78 is 5.24. The zero-order valence-corrected chi connectivity index (χ0v) is 13.0. The zero-order chi connectivity index (χ0) is 15.4. The molecule has 2 rings (SSSR count). The molecule has 1 aromatic carbocycles. The Bertz CT molecular complexity index is 613. The minimum absolute atomic E-state index is 0.262. The molecule has 0 aliphatic carbocycles. The highest BCUT2D eigenvalue weighted by Gasteiger charge is 2.16. The molecule has 21 heavy (non-hydrogen) atoms. The third kappa shape index (κ3) is 3.84. The van der Waals surface area contributed by atoms with Gasteiger partial charge in [0.1, 0.15) is 0 Å². The molecule has 0 aliphatic heterocycles. The van der Waals surface area contributed by atoms with E-state index in [1.165, 1.54) is 0 Å². The van der Waals surface area contributed by atoms with E-state index in [0.29, 0.717) is 18.4 Å². The van der Waals surface area contributed by atoms with Crippen LogP contribution in [0, 0.1) is 6.92 Å². The molecule has 5 heteroatoms. The molecule has 112 valence electrons. The Balaban J connectivity index is 2.33. The van der Waals surface area contributed by atoms with Crippen LogP contribution in [0.2, 0.25) is 0 Å². The van der Waals surface area contributed by atoms with Crippen LogP contribution < -0.4 is 15.4 Å². The fourth-order valence-corrected chi connectivity index (χ4v) is 2.13. The number of hydrogen-bond donors (Lipinski definition) is 1. The summed E-state index contributed by atoms with van der Waals surface area (Å²) in [5.41, 5.74) is 8.63. The number of nitrogen functional groups attached to an aromatic ring is 1. The number of rotatable bonds is 5. The van der Waals surface area contributed by atoms with Gasteiger partial charge in [-0.15, -0.1) is 0 Å². The molecule has 1 aromatic heterocycles. The summed E-state index contributed by atoms with van der Waals surface area (Å²) in [6.07, 6.45) is 0. The molecule has 0 amide bonds. The van der Waals surface area contributed by atoms with E-state index in [0.717, 1.165) is 16.9 Å². The van der Waals surface area contributed by atoms with Crippen molar-refractivity contribution in [1.82, 2.24) is 9.97 Å². The van der Waals surface area contributed by atoms with Crippen molar-refractivity contribution < 1.29 is 4.74 Å². The van der Waals surface area contributed by atoms with E-state index in [9.17, 15) is 0 Å². The predicted molar refractivity (Wildman–Crippen MR) is 85.5 cm³/mol. The molecule has 0 saturated carbocycles. The van der Waals surface area contributed by atoms with Crippen molar-refractivity contribution in [3.05, 3.63) is 41.6 Å². The fourth-order valence-electron chi connectivity index (χ4n) is 2.13. The van der Waals surface area contributed by atoms with Gasteiger partial charge in [0.15, 0.2) is 0 Å². The van der Waals surface area contributed by atoms with Gasteiger partial charge in [-0.05, 0) is 38.5 Å². The summed E-state index contributed by atoms with van der Waals surface area (Å²) in [5.74, 6) is 1.25. The maximum Gasteiger partial charge on any atom is 0.229 e. The molecule has 0 aliphatic rings. The molecule has 0 bridgehead atoms. The van der Waals surface area contributed by atoms with Gasteiger partial charge in [0, 0.05) is 30.0 Å². The lowest BCUT2D eigenvalue weighted by Crippen LogP contribution is -2.32. The molecule has 0 spiro atoms. The van der Waals surface area contributed by atoms with Crippen LogP contribution in [0.1, 0.15) is 25.1 Å². The van der Waals surface area contributed by atoms with Crippen LogP contribution >= 0.6 is 0 Å². The van der Waals surface area contributed by atoms with Crippen LogP contribution in [0.25, 0.3) is 0 Å². The fraction of sp³-hybridized carbons (Fsp3) is 0.375. The van der Waals surface area contributed by atoms with Gasteiger partial charge in [0.05, 0.1) is 7.11 Å². The second-order valence-corrected chi connectivity index (χ2v) is 5.32. The van der Waals surface area contributed by atoms with Crippen molar-refractivity contribution >= 4 is 11.6 Å². The van der Waals surface area contributed by atoms with Gasteiger partial charge in [-0.3, -0.25) is 0 Å². The van der Waals surface area contributed by atoms with Crippen molar-refractivity contribution in [3.63, 3.8) is 0 Å². The van der Waals surface area contributed by atoms with E-state index in [1.54, 1.807) is 7.11 Å². The number of aromatic nitrogens is 2. The quantitative estimate of drug-likeness (QED) is 0.856. The second kappa shape index (κ2) is 6.43. The van der Waals surface area contributed by atoms with Gasteiger partial charge < -0.3 is 15.4 Å². The van der Waals surface area contributed by atoms with Crippen molar-refractivity contribution in [1.29, 1.82) is 0 Å². The lowest BCUT2D eigenvalue weighted by molar-refractivity contribution is 0.395. The summed E-state index contributed by atoms with van der Waals surface area (Å²) in [6.45, 7) is 6.87. The highest BCUT2D eigenvalue weighted by molar-refractivity contribution is 5.43. The molecule has 1 heterocycles. The average molecular weight is 286 g/mol. The lowest BCUT2D eigenvalue weighted by atomic mass is 10.1. The zero-order valence-electron chi connectivity index (χ0n) is 13.0. The van der Waals surface area contributed by atoms with Crippen LogP contribution in [-0.2, 0) is 6.54 Å². The number of hydrogen-bond acceptors (Lipinski definition) is 5. The molecular weight excluding hydrogens is 264 g/mol. The van der Waals surface area contributed by atoms with Gasteiger partial charge in [0.2, 0.25) is 11.8 Å². The van der Waals surface area contributed by atoms with Crippen molar-refractivity contribution in [2.45, 2.75) is 33.4 Å². The molecule has 2 N–H and O–H groups in total. The van der Waals surface area contributed by atoms with E-state index in [4.69, 9.17) is 10.5 Å². The second-order valence-electron chi connectivity index (χ2n) is 5.32. The molecule has 0 radical (unpaired) electrons. The highest BCUT2D eigenvalue weighted by atomic mass is 16.5. The third-order valence-electron chi connectivity index (χ3n) is 3.21. The Morgan fingerprint density at radius 1 is 1.24 bits per heavy atom. The van der Waals surface area contributed by atoms with Crippen LogP contribution in [0.3, 0.4) is 0 Å². The topological polar surface area (TPSA) is 64.3 Å². The minimum Gasteiger partial charge on any atom is -0.481 e. The number of nitrogens with zero attached hydrogens (tertiary/aromatic N) is 3. The summed E-state index contributed by atoms with van der Waals surface area (Å²) in [5, 5.41) is 0. The van der Waals surface area contributed by atoms with Crippen molar-refractivity contribution in [2.75, 3.05) is 17.7 Å². The largest absolute Gasteiger partial charge is 0.481 e. The van der Waals surface area contributed by atoms with E-state index in [-0.39, 0.29) is 6.04 Å². The Morgan fingerprint density at radius 3 is 2.62 bits per heavy atom. The Kier molecular flexibility index (Phi) is 4.62. The normalized spacial score (nSPS) is 10.7. The van der Waals surface area contributed by atoms with Gasteiger partial charge in [-0.1, -0.05) is 12.1 Å². The first kappa shape index (κ1) is 15.1. The monoisotopic (exact) mass is 286 g/mol. The van der Waals surface area contributed by atoms with Gasteiger partial charge in [-0.2, -0.15) is 4.98 Å². The maximum absolute atomic E-state index is 5.85. The molecule has 2 aromatic rings. The molecule has 0 fully saturated rings. The minimum atomic E-state index is 0.262. The van der Waals surface area contributed by atoms with E-state index in [1.807, 2.05) is 31.2 Å². The maximum atomic E-state index is 5.85. The third-order valence-corrected chi connectivity index (χ3v) is 3.21. The van der Waals surface area contributed by atoms with E-state index in [2.05, 4.69) is 34.8 Å². The summed E-state index contributed by atoms with van der Waals surface area (Å²) in [4.78, 5) is 11.1. The summed E-state index contributed by atoms with van der Waals surface area (Å²) >= 11 is 0. The number of nitrogens with two attached hydrogens (primary N) is 1. The van der Waals surface area contributed by atoms with Crippen molar-refractivity contribution in [2.24, 2.45) is 0 Å². The Labute approximate surface area is 125 Å². The van der Waals surface area contributed by atoms with Gasteiger partial charge >= 0.3 is 0 Å².